The van der Waals surface area contributed by atoms with E-state index in [4.69, 9.17) is 0 Å². The molecule has 1 rings (SSSR count). The number of phenolic OH excluding ortho intramolecular Hbond substituents is 1. The Bertz CT molecular complexity index is 698. The Labute approximate surface area is 168 Å². The van der Waals surface area contributed by atoms with E-state index in [1.54, 1.807) is 0 Å². The van der Waals surface area contributed by atoms with Crippen LogP contribution in [0.3, 0.4) is 0 Å². The van der Waals surface area contributed by atoms with E-state index >= 15 is 0 Å². The van der Waals surface area contributed by atoms with Crippen molar-refractivity contribution in [2.24, 2.45) is 0 Å². The first-order chi connectivity index (χ1) is 10.6. The summed E-state index contributed by atoms with van der Waals surface area (Å²) in [7, 11) is 0. The fraction of sp³-hybridized carbons (Fsp3) is 0.333. The van der Waals surface area contributed by atoms with Crippen LogP contribution in [0.5, 0.6) is 5.75 Å². The summed E-state index contributed by atoms with van der Waals surface area (Å²) in [4.78, 5) is 23.5. The van der Waals surface area contributed by atoms with Crippen molar-refractivity contribution in [3.05, 3.63) is 40.5 Å². The third-order valence-corrected chi connectivity index (χ3v) is 3.34. The molecule has 1 aromatic carbocycles. The predicted octanol–water partition coefficient (Wildman–Crippen LogP) is 3.78. The Morgan fingerprint density at radius 1 is 1.00 bits per heavy atom. The molecule has 0 unspecified atom stereocenters. The minimum absolute atomic E-state index is 0. The summed E-state index contributed by atoms with van der Waals surface area (Å²) in [5.41, 5.74) is 4.02. The average molecular weight is 404 g/mol. The van der Waals surface area contributed by atoms with Gasteiger partial charge in [0.1, 0.15) is 0 Å². The number of carbonyl (C=O) groups excluding carboxylic acids is 2. The fourth-order valence-corrected chi connectivity index (χ4v) is 2.05. The largest absolute Gasteiger partial charge is 3.00 e. The van der Waals surface area contributed by atoms with E-state index in [0.29, 0.717) is 11.3 Å². The van der Waals surface area contributed by atoms with Crippen molar-refractivity contribution in [3.8, 4) is 5.75 Å². The van der Waals surface area contributed by atoms with E-state index in [0.717, 1.165) is 16.7 Å². The Morgan fingerprint density at radius 2 is 1.58 bits per heavy atom. The van der Waals surface area contributed by atoms with Crippen LogP contribution < -0.4 is 10.6 Å². The molecule has 0 saturated heterocycles. The number of amides is 2. The molecule has 0 radical (unpaired) electrons. The minimum atomic E-state index is -0.292. The van der Waals surface area contributed by atoms with Crippen molar-refractivity contribution in [3.63, 3.8) is 0 Å². The summed E-state index contributed by atoms with van der Waals surface area (Å²) in [5, 5.41) is 15.2. The third kappa shape index (κ3) is 6.21. The van der Waals surface area contributed by atoms with Crippen molar-refractivity contribution in [1.82, 2.24) is 0 Å². The number of anilines is 2. The number of carbonyl (C=O) groups is 2. The SMILES string of the molecule is CC(=O)Nc1[c-]cc(NC(=O)C(=C(C)C)C(C)=C(C)C)c(O)c1.[Y+3]. The predicted molar refractivity (Wildman–Crippen MR) is 92.3 cm³/mol. The Balaban J connectivity index is 0.00000529. The van der Waals surface area contributed by atoms with Gasteiger partial charge >= 0.3 is 32.7 Å². The number of hydrogen-bond acceptors (Lipinski definition) is 3. The van der Waals surface area contributed by atoms with Crippen LogP contribution in [0, 0.1) is 6.07 Å². The Kier molecular flexibility index (Phi) is 9.16. The Morgan fingerprint density at radius 3 is 2.00 bits per heavy atom. The summed E-state index contributed by atoms with van der Waals surface area (Å²) in [6.45, 7) is 10.9. The molecule has 124 valence electrons. The zero-order valence-corrected chi connectivity index (χ0v) is 17.8. The molecule has 0 aliphatic rings. The van der Waals surface area contributed by atoms with Gasteiger partial charge < -0.3 is 15.7 Å². The van der Waals surface area contributed by atoms with E-state index < -0.39 is 0 Å². The zero-order chi connectivity index (χ0) is 17.7. The van der Waals surface area contributed by atoms with E-state index in [2.05, 4.69) is 16.7 Å². The van der Waals surface area contributed by atoms with Crippen molar-refractivity contribution in [2.45, 2.75) is 41.5 Å². The maximum atomic E-state index is 12.5. The molecule has 0 aromatic heterocycles. The molecule has 0 atom stereocenters. The van der Waals surface area contributed by atoms with Gasteiger partial charge in [-0.15, -0.1) is 12.1 Å². The van der Waals surface area contributed by atoms with Gasteiger partial charge in [-0.1, -0.05) is 16.8 Å². The second-order valence-corrected chi connectivity index (χ2v) is 5.78. The number of rotatable bonds is 4. The van der Waals surface area contributed by atoms with Gasteiger partial charge in [0.05, 0.1) is 0 Å². The molecular formula is C18H23N2O3Y+2. The number of benzene rings is 1. The van der Waals surface area contributed by atoms with Crippen molar-refractivity contribution >= 4 is 23.2 Å². The van der Waals surface area contributed by atoms with E-state index in [-0.39, 0.29) is 56.0 Å². The zero-order valence-electron chi connectivity index (χ0n) is 15.0. The van der Waals surface area contributed by atoms with Crippen molar-refractivity contribution in [1.29, 1.82) is 0 Å². The normalized spacial score (nSPS) is 9.42. The van der Waals surface area contributed by atoms with Gasteiger partial charge in [0.15, 0.2) is 0 Å². The summed E-state index contributed by atoms with van der Waals surface area (Å²) in [6, 6.07) is 5.57. The maximum absolute atomic E-state index is 12.5. The van der Waals surface area contributed by atoms with Crippen LogP contribution in [0.25, 0.3) is 0 Å². The van der Waals surface area contributed by atoms with Gasteiger partial charge in [-0.25, -0.2) is 0 Å². The molecule has 1 aromatic rings. The molecule has 0 aliphatic carbocycles. The quantitative estimate of drug-likeness (QED) is 0.309. The minimum Gasteiger partial charge on any atom is -0.531 e. The van der Waals surface area contributed by atoms with Gasteiger partial charge in [0, 0.05) is 18.2 Å². The molecule has 0 bridgehead atoms. The summed E-state index contributed by atoms with van der Waals surface area (Å²) in [6.07, 6.45) is 0. The maximum Gasteiger partial charge on any atom is 3.00 e. The van der Waals surface area contributed by atoms with Crippen molar-refractivity contribution < 1.29 is 47.4 Å². The van der Waals surface area contributed by atoms with Crippen LogP contribution in [0.15, 0.2) is 34.4 Å². The van der Waals surface area contributed by atoms with Crippen LogP contribution in [-0.4, -0.2) is 16.9 Å². The first-order valence-electron chi connectivity index (χ1n) is 7.29. The smallest absolute Gasteiger partial charge is 0.531 e. The first kappa shape index (κ1) is 22.5. The Hall–Kier alpha value is -1.46. The van der Waals surface area contributed by atoms with E-state index in [1.165, 1.54) is 19.1 Å². The van der Waals surface area contributed by atoms with Gasteiger partial charge in [-0.05, 0) is 45.9 Å². The van der Waals surface area contributed by atoms with Gasteiger partial charge in [-0.3, -0.25) is 9.59 Å². The monoisotopic (exact) mass is 404 g/mol. The molecule has 6 heteroatoms. The van der Waals surface area contributed by atoms with Gasteiger partial charge in [0.2, 0.25) is 11.8 Å². The summed E-state index contributed by atoms with van der Waals surface area (Å²) < 4.78 is 0. The second-order valence-electron chi connectivity index (χ2n) is 5.78. The molecular weight excluding hydrogens is 381 g/mol. The standard InChI is InChI=1S/C18H23N2O3.Y/c1-10(2)12(5)17(11(3)4)18(23)20-15-8-7-14(9-16(15)22)19-13(6)21;/h8-9,22H,1-6H3,(H,19,21)(H,20,23);/q-1;+3. The number of phenols is 1. The van der Waals surface area contributed by atoms with Gasteiger partial charge in [0.25, 0.3) is 0 Å². The number of allylic oxidation sites excluding steroid dienone is 2. The first-order valence-corrected chi connectivity index (χ1v) is 7.29. The molecule has 24 heavy (non-hydrogen) atoms. The van der Waals surface area contributed by atoms with Crippen LogP contribution in [0.2, 0.25) is 0 Å². The molecule has 2 amide bonds. The fourth-order valence-electron chi connectivity index (χ4n) is 2.05. The van der Waals surface area contributed by atoms with Gasteiger partial charge in [-0.2, -0.15) is 6.07 Å². The number of aromatic hydroxyl groups is 1. The van der Waals surface area contributed by atoms with E-state index in [9.17, 15) is 14.7 Å². The van der Waals surface area contributed by atoms with Crippen LogP contribution in [-0.2, 0) is 42.3 Å². The van der Waals surface area contributed by atoms with Crippen LogP contribution in [0.4, 0.5) is 11.4 Å². The molecule has 5 nitrogen and oxygen atoms in total. The average Bonchev–Trinajstić information content (AvgIpc) is 2.40. The summed E-state index contributed by atoms with van der Waals surface area (Å²) >= 11 is 0. The van der Waals surface area contributed by atoms with Crippen LogP contribution in [0.1, 0.15) is 41.5 Å². The summed E-state index contributed by atoms with van der Waals surface area (Å²) in [5.74, 6) is -0.688. The molecule has 0 heterocycles. The number of hydrogen-bond donors (Lipinski definition) is 3. The molecule has 3 N–H and O–H groups in total. The molecule has 0 spiro atoms. The van der Waals surface area contributed by atoms with E-state index in [1.807, 2.05) is 34.6 Å². The molecule has 0 fully saturated rings. The second kappa shape index (κ2) is 9.75. The van der Waals surface area contributed by atoms with Crippen molar-refractivity contribution in [2.75, 3.05) is 10.6 Å². The van der Waals surface area contributed by atoms with Crippen LogP contribution >= 0.6 is 0 Å². The number of nitrogens with one attached hydrogen (secondary N) is 2. The molecule has 0 saturated carbocycles. The topological polar surface area (TPSA) is 78.4 Å². The third-order valence-electron chi connectivity index (χ3n) is 3.34. The molecule has 0 aliphatic heterocycles.